The van der Waals surface area contributed by atoms with Crippen molar-refractivity contribution in [1.29, 1.82) is 0 Å². The maximum absolute atomic E-state index is 11.7. The molecule has 1 aromatic heterocycles. The number of nitrogens with zero attached hydrogens (tertiary/aromatic N) is 1. The summed E-state index contributed by atoms with van der Waals surface area (Å²) in [4.78, 5) is 15.7. The van der Waals surface area contributed by atoms with E-state index in [9.17, 15) is 4.79 Å². The minimum absolute atomic E-state index is 0.0287. The van der Waals surface area contributed by atoms with E-state index in [-0.39, 0.29) is 5.91 Å². The van der Waals surface area contributed by atoms with E-state index < -0.39 is 0 Å². The summed E-state index contributed by atoms with van der Waals surface area (Å²) in [6.07, 6.45) is 5.20. The molecule has 16 heavy (non-hydrogen) atoms. The van der Waals surface area contributed by atoms with Crippen molar-refractivity contribution in [2.75, 3.05) is 6.54 Å². The van der Waals surface area contributed by atoms with Crippen LogP contribution in [0.4, 0.5) is 0 Å². The minimum atomic E-state index is -0.0287. The number of rotatable bonds is 3. The zero-order chi connectivity index (χ0) is 11.4. The molecule has 1 saturated carbocycles. The van der Waals surface area contributed by atoms with E-state index in [0.717, 1.165) is 12.5 Å². The number of amides is 1. The highest BCUT2D eigenvalue weighted by Gasteiger charge is 2.21. The Morgan fingerprint density at radius 3 is 3.06 bits per heavy atom. The predicted molar refractivity (Wildman–Crippen MR) is 65.6 cm³/mol. The second kappa shape index (κ2) is 5.43. The second-order valence-corrected chi connectivity index (χ2v) is 5.32. The zero-order valence-electron chi connectivity index (χ0n) is 9.61. The Bertz CT molecular complexity index is 337. The van der Waals surface area contributed by atoms with E-state index >= 15 is 0 Å². The van der Waals surface area contributed by atoms with Crippen LogP contribution in [-0.4, -0.2) is 17.4 Å². The number of aromatic nitrogens is 1. The van der Waals surface area contributed by atoms with Crippen LogP contribution >= 0.6 is 11.3 Å². The van der Waals surface area contributed by atoms with Gasteiger partial charge in [0.2, 0.25) is 0 Å². The van der Waals surface area contributed by atoms with Gasteiger partial charge in [-0.25, -0.2) is 4.98 Å². The molecule has 1 fully saturated rings. The van der Waals surface area contributed by atoms with Crippen molar-refractivity contribution >= 4 is 17.2 Å². The quantitative estimate of drug-likeness (QED) is 0.879. The Hall–Kier alpha value is -0.900. The van der Waals surface area contributed by atoms with E-state index in [1.54, 1.807) is 10.9 Å². The molecule has 0 spiro atoms. The first-order valence-electron chi connectivity index (χ1n) is 5.93. The molecule has 1 aromatic rings. The summed E-state index contributed by atoms with van der Waals surface area (Å²) in [5.74, 6) is 1.36. The van der Waals surface area contributed by atoms with Gasteiger partial charge in [-0.1, -0.05) is 26.2 Å². The van der Waals surface area contributed by atoms with Gasteiger partial charge in [-0.05, 0) is 18.3 Å². The number of hydrogen-bond donors (Lipinski definition) is 1. The van der Waals surface area contributed by atoms with E-state index in [1.165, 1.54) is 37.0 Å². The third-order valence-electron chi connectivity index (χ3n) is 3.48. The van der Waals surface area contributed by atoms with Gasteiger partial charge in [-0.15, -0.1) is 11.3 Å². The van der Waals surface area contributed by atoms with Crippen LogP contribution in [0.5, 0.6) is 0 Å². The molecular formula is C12H18N2OS. The molecule has 0 aliphatic heterocycles. The molecule has 88 valence electrons. The molecular weight excluding hydrogens is 220 g/mol. The van der Waals surface area contributed by atoms with Crippen LogP contribution in [0, 0.1) is 11.8 Å². The van der Waals surface area contributed by atoms with Gasteiger partial charge in [-0.3, -0.25) is 4.79 Å². The second-order valence-electron chi connectivity index (χ2n) is 4.61. The van der Waals surface area contributed by atoms with Crippen molar-refractivity contribution in [3.63, 3.8) is 0 Å². The Kier molecular flexibility index (Phi) is 3.93. The Labute approximate surface area is 100 Å². The predicted octanol–water partition coefficient (Wildman–Crippen LogP) is 2.70. The third kappa shape index (κ3) is 2.82. The van der Waals surface area contributed by atoms with Gasteiger partial charge in [0.1, 0.15) is 5.69 Å². The van der Waals surface area contributed by atoms with Gasteiger partial charge < -0.3 is 5.32 Å². The summed E-state index contributed by atoms with van der Waals surface area (Å²) < 4.78 is 0. The molecule has 0 radical (unpaired) electrons. The fourth-order valence-electron chi connectivity index (χ4n) is 2.34. The molecule has 1 aliphatic rings. The molecule has 1 heterocycles. The molecule has 1 amide bonds. The topological polar surface area (TPSA) is 42.0 Å². The van der Waals surface area contributed by atoms with Crippen LogP contribution in [0.15, 0.2) is 10.9 Å². The van der Waals surface area contributed by atoms with E-state index in [2.05, 4.69) is 17.2 Å². The highest BCUT2D eigenvalue weighted by Crippen LogP contribution is 2.28. The standard InChI is InChI=1S/C12H18N2OS/c1-9-4-2-3-5-10(9)6-13-12(15)11-7-16-8-14-11/h7-10H,2-6H2,1H3,(H,13,15). The molecule has 3 nitrogen and oxygen atoms in total. The summed E-state index contributed by atoms with van der Waals surface area (Å²) in [7, 11) is 0. The lowest BCUT2D eigenvalue weighted by Crippen LogP contribution is -2.33. The molecule has 1 N–H and O–H groups in total. The largest absolute Gasteiger partial charge is 0.350 e. The molecule has 4 heteroatoms. The zero-order valence-corrected chi connectivity index (χ0v) is 10.4. The fraction of sp³-hybridized carbons (Fsp3) is 0.667. The van der Waals surface area contributed by atoms with E-state index in [0.29, 0.717) is 11.6 Å². The Morgan fingerprint density at radius 1 is 1.56 bits per heavy atom. The number of thiazole rings is 1. The van der Waals surface area contributed by atoms with Gasteiger partial charge in [0, 0.05) is 11.9 Å². The summed E-state index contributed by atoms with van der Waals surface area (Å²) in [5.41, 5.74) is 2.24. The van der Waals surface area contributed by atoms with Crippen molar-refractivity contribution in [2.45, 2.75) is 32.6 Å². The van der Waals surface area contributed by atoms with Crippen LogP contribution < -0.4 is 5.32 Å². The number of carbonyl (C=O) groups is 1. The summed E-state index contributed by atoms with van der Waals surface area (Å²) >= 11 is 1.46. The first-order valence-corrected chi connectivity index (χ1v) is 6.88. The van der Waals surface area contributed by atoms with Gasteiger partial charge in [0.25, 0.3) is 5.91 Å². The molecule has 1 aliphatic carbocycles. The fourth-order valence-corrected chi connectivity index (χ4v) is 2.87. The first kappa shape index (κ1) is 11.6. The van der Waals surface area contributed by atoms with Gasteiger partial charge in [0.15, 0.2) is 0 Å². The van der Waals surface area contributed by atoms with Crippen molar-refractivity contribution in [3.8, 4) is 0 Å². The molecule has 0 aromatic carbocycles. The summed E-state index contributed by atoms with van der Waals surface area (Å²) in [6, 6.07) is 0. The monoisotopic (exact) mass is 238 g/mol. The third-order valence-corrected chi connectivity index (χ3v) is 4.07. The van der Waals surface area contributed by atoms with Crippen LogP contribution in [0.1, 0.15) is 43.1 Å². The van der Waals surface area contributed by atoms with E-state index in [1.807, 2.05) is 0 Å². The van der Waals surface area contributed by atoms with Crippen molar-refractivity contribution in [2.24, 2.45) is 11.8 Å². The first-order chi connectivity index (χ1) is 7.77. The maximum atomic E-state index is 11.7. The Morgan fingerprint density at radius 2 is 2.38 bits per heavy atom. The SMILES string of the molecule is CC1CCCCC1CNC(=O)c1cscn1. The van der Waals surface area contributed by atoms with Crippen LogP contribution in [0.3, 0.4) is 0 Å². The van der Waals surface area contributed by atoms with Crippen molar-refractivity contribution in [3.05, 3.63) is 16.6 Å². The number of carbonyl (C=O) groups excluding carboxylic acids is 1. The van der Waals surface area contributed by atoms with Gasteiger partial charge >= 0.3 is 0 Å². The summed E-state index contributed by atoms with van der Waals surface area (Å²) in [5, 5.41) is 4.78. The van der Waals surface area contributed by atoms with Crippen molar-refractivity contribution < 1.29 is 4.79 Å². The van der Waals surface area contributed by atoms with Crippen LogP contribution in [0.2, 0.25) is 0 Å². The molecule has 2 rings (SSSR count). The maximum Gasteiger partial charge on any atom is 0.270 e. The molecule has 0 bridgehead atoms. The van der Waals surface area contributed by atoms with Gasteiger partial charge in [0.05, 0.1) is 5.51 Å². The number of hydrogen-bond acceptors (Lipinski definition) is 3. The van der Waals surface area contributed by atoms with E-state index in [4.69, 9.17) is 0 Å². The minimum Gasteiger partial charge on any atom is -0.350 e. The molecule has 0 saturated heterocycles. The lowest BCUT2D eigenvalue weighted by atomic mass is 9.80. The highest BCUT2D eigenvalue weighted by molar-refractivity contribution is 7.07. The summed E-state index contributed by atoms with van der Waals surface area (Å²) in [6.45, 7) is 3.09. The smallest absolute Gasteiger partial charge is 0.270 e. The molecule has 2 atom stereocenters. The highest BCUT2D eigenvalue weighted by atomic mass is 32.1. The normalized spacial score (nSPS) is 25.3. The lowest BCUT2D eigenvalue weighted by molar-refractivity contribution is 0.0932. The van der Waals surface area contributed by atoms with Crippen LogP contribution in [0.25, 0.3) is 0 Å². The van der Waals surface area contributed by atoms with Crippen molar-refractivity contribution in [1.82, 2.24) is 10.3 Å². The Balaban J connectivity index is 1.80. The van der Waals surface area contributed by atoms with Gasteiger partial charge in [-0.2, -0.15) is 0 Å². The average Bonchev–Trinajstić information content (AvgIpc) is 2.81. The lowest BCUT2D eigenvalue weighted by Gasteiger charge is -2.28. The average molecular weight is 238 g/mol. The van der Waals surface area contributed by atoms with Crippen LogP contribution in [-0.2, 0) is 0 Å². The molecule has 2 unspecified atom stereocenters. The number of nitrogens with one attached hydrogen (secondary N) is 1.